The molecule has 7 heteroatoms. The van der Waals surface area contributed by atoms with Crippen LogP contribution < -0.4 is 5.32 Å². The Morgan fingerprint density at radius 2 is 1.72 bits per heavy atom. The number of amides is 1. The highest BCUT2D eigenvalue weighted by Gasteiger charge is 2.29. The standard InChI is InChI=1S/C18H29N3O3S/c1-15(2)8-9-19-14-18(22)20-10-12-21(13-11-20)25(23,24)17-6-4-16(3)5-7-17/h4-7,15,19H,8-14H2,1-3H3. The number of carbonyl (C=O) groups excluding carboxylic acids is 1. The van der Waals surface area contributed by atoms with E-state index in [4.69, 9.17) is 0 Å². The summed E-state index contributed by atoms with van der Waals surface area (Å²) >= 11 is 0. The molecule has 1 aliphatic rings. The van der Waals surface area contributed by atoms with E-state index in [1.165, 1.54) is 4.31 Å². The first-order chi connectivity index (χ1) is 11.8. The summed E-state index contributed by atoms with van der Waals surface area (Å²) in [5, 5.41) is 3.16. The van der Waals surface area contributed by atoms with Gasteiger partial charge in [-0.15, -0.1) is 0 Å². The third-order valence-electron chi connectivity index (χ3n) is 4.42. The summed E-state index contributed by atoms with van der Waals surface area (Å²) in [7, 11) is -3.48. The molecule has 1 aromatic carbocycles. The summed E-state index contributed by atoms with van der Waals surface area (Å²) in [5.41, 5.74) is 1.03. The summed E-state index contributed by atoms with van der Waals surface area (Å²) < 4.78 is 26.8. The fraction of sp³-hybridized carbons (Fsp3) is 0.611. The zero-order valence-electron chi connectivity index (χ0n) is 15.4. The number of hydrogen-bond donors (Lipinski definition) is 1. The van der Waals surface area contributed by atoms with E-state index >= 15 is 0 Å². The summed E-state index contributed by atoms with van der Waals surface area (Å²) in [6.07, 6.45) is 1.04. The van der Waals surface area contributed by atoms with Crippen molar-refractivity contribution >= 4 is 15.9 Å². The van der Waals surface area contributed by atoms with Crippen LogP contribution in [0.1, 0.15) is 25.8 Å². The molecule has 0 aromatic heterocycles. The lowest BCUT2D eigenvalue weighted by Crippen LogP contribution is -2.52. The molecule has 1 heterocycles. The molecule has 1 fully saturated rings. The molecule has 2 rings (SSSR count). The molecular weight excluding hydrogens is 338 g/mol. The van der Waals surface area contributed by atoms with Crippen LogP contribution in [-0.4, -0.2) is 62.8 Å². The van der Waals surface area contributed by atoms with Gasteiger partial charge in [0.15, 0.2) is 0 Å². The molecule has 0 bridgehead atoms. The number of sulfonamides is 1. The largest absolute Gasteiger partial charge is 0.339 e. The molecule has 25 heavy (non-hydrogen) atoms. The van der Waals surface area contributed by atoms with Crippen molar-refractivity contribution < 1.29 is 13.2 Å². The van der Waals surface area contributed by atoms with Crippen LogP contribution in [0.3, 0.4) is 0 Å². The van der Waals surface area contributed by atoms with Gasteiger partial charge in [-0.05, 0) is 37.9 Å². The second-order valence-electron chi connectivity index (χ2n) is 6.96. The fourth-order valence-electron chi connectivity index (χ4n) is 2.74. The third kappa shape index (κ3) is 5.52. The van der Waals surface area contributed by atoms with Crippen LogP contribution in [0.4, 0.5) is 0 Å². The van der Waals surface area contributed by atoms with Gasteiger partial charge in [0, 0.05) is 26.2 Å². The monoisotopic (exact) mass is 367 g/mol. The Bertz CT molecular complexity index is 663. The van der Waals surface area contributed by atoms with Gasteiger partial charge in [0.05, 0.1) is 11.4 Å². The second kappa shape index (κ2) is 8.78. The number of carbonyl (C=O) groups is 1. The lowest BCUT2D eigenvalue weighted by molar-refractivity contribution is -0.131. The second-order valence-corrected chi connectivity index (χ2v) is 8.90. The van der Waals surface area contributed by atoms with Crippen LogP contribution >= 0.6 is 0 Å². The highest BCUT2D eigenvalue weighted by Crippen LogP contribution is 2.18. The van der Waals surface area contributed by atoms with Crippen LogP contribution in [0.15, 0.2) is 29.2 Å². The highest BCUT2D eigenvalue weighted by molar-refractivity contribution is 7.89. The number of hydrogen-bond acceptors (Lipinski definition) is 4. The normalized spacial score (nSPS) is 16.4. The van der Waals surface area contributed by atoms with Gasteiger partial charge >= 0.3 is 0 Å². The molecule has 0 atom stereocenters. The van der Waals surface area contributed by atoms with Crippen molar-refractivity contribution in [2.24, 2.45) is 5.92 Å². The van der Waals surface area contributed by atoms with Gasteiger partial charge in [0.25, 0.3) is 0 Å². The predicted octanol–water partition coefficient (Wildman–Crippen LogP) is 1.46. The van der Waals surface area contributed by atoms with Crippen LogP contribution in [0.5, 0.6) is 0 Å². The van der Waals surface area contributed by atoms with E-state index in [2.05, 4.69) is 19.2 Å². The van der Waals surface area contributed by atoms with Gasteiger partial charge in [-0.25, -0.2) is 8.42 Å². The highest BCUT2D eigenvalue weighted by atomic mass is 32.2. The Balaban J connectivity index is 1.84. The van der Waals surface area contributed by atoms with Crippen LogP contribution in [0.25, 0.3) is 0 Å². The maximum Gasteiger partial charge on any atom is 0.243 e. The lowest BCUT2D eigenvalue weighted by Gasteiger charge is -2.34. The lowest BCUT2D eigenvalue weighted by atomic mass is 10.1. The summed E-state index contributed by atoms with van der Waals surface area (Å²) in [5.74, 6) is 0.647. The zero-order chi connectivity index (χ0) is 18.4. The van der Waals surface area contributed by atoms with Crippen LogP contribution in [0.2, 0.25) is 0 Å². The minimum Gasteiger partial charge on any atom is -0.339 e. The van der Waals surface area contributed by atoms with Crippen molar-refractivity contribution in [1.82, 2.24) is 14.5 Å². The van der Waals surface area contributed by atoms with Gasteiger partial charge in [-0.2, -0.15) is 4.31 Å². The number of nitrogens with one attached hydrogen (secondary N) is 1. The fourth-order valence-corrected chi connectivity index (χ4v) is 4.16. The SMILES string of the molecule is Cc1ccc(S(=O)(=O)N2CCN(C(=O)CNCCC(C)C)CC2)cc1. The minimum absolute atomic E-state index is 0.0381. The molecule has 6 nitrogen and oxygen atoms in total. The molecular formula is C18H29N3O3S. The zero-order valence-corrected chi connectivity index (χ0v) is 16.2. The predicted molar refractivity (Wildman–Crippen MR) is 98.8 cm³/mol. The molecule has 140 valence electrons. The van der Waals surface area contributed by atoms with Crippen molar-refractivity contribution in [3.8, 4) is 0 Å². The quantitative estimate of drug-likeness (QED) is 0.741. The van der Waals surface area contributed by atoms with Crippen molar-refractivity contribution in [3.63, 3.8) is 0 Å². The average Bonchev–Trinajstić information content (AvgIpc) is 2.59. The molecule has 1 amide bonds. The molecule has 0 unspecified atom stereocenters. The molecule has 1 aliphatic heterocycles. The summed E-state index contributed by atoms with van der Waals surface area (Å²) in [6, 6.07) is 6.88. The Hall–Kier alpha value is -1.44. The summed E-state index contributed by atoms with van der Waals surface area (Å²) in [6.45, 7) is 8.93. The third-order valence-corrected chi connectivity index (χ3v) is 6.34. The Labute approximate surface area is 151 Å². The Kier molecular flexibility index (Phi) is 6.98. The van der Waals surface area contributed by atoms with Gasteiger partial charge in [0.1, 0.15) is 0 Å². The molecule has 1 N–H and O–H groups in total. The number of benzene rings is 1. The smallest absolute Gasteiger partial charge is 0.243 e. The van der Waals surface area contributed by atoms with Gasteiger partial charge < -0.3 is 10.2 Å². The average molecular weight is 368 g/mol. The molecule has 0 radical (unpaired) electrons. The maximum absolute atomic E-state index is 12.7. The first-order valence-corrected chi connectivity index (χ1v) is 10.3. The molecule has 0 spiro atoms. The van der Waals surface area contributed by atoms with E-state index in [0.717, 1.165) is 18.5 Å². The first-order valence-electron chi connectivity index (χ1n) is 8.86. The Morgan fingerprint density at radius 1 is 1.12 bits per heavy atom. The van der Waals surface area contributed by atoms with Crippen molar-refractivity contribution in [2.75, 3.05) is 39.3 Å². The van der Waals surface area contributed by atoms with Crippen molar-refractivity contribution in [1.29, 1.82) is 0 Å². The van der Waals surface area contributed by atoms with E-state index < -0.39 is 10.0 Å². The number of aryl methyl sites for hydroxylation is 1. The number of rotatable bonds is 7. The van der Waals surface area contributed by atoms with E-state index in [-0.39, 0.29) is 5.91 Å². The van der Waals surface area contributed by atoms with E-state index in [1.807, 2.05) is 6.92 Å². The van der Waals surface area contributed by atoms with Crippen molar-refractivity contribution in [3.05, 3.63) is 29.8 Å². The molecule has 1 aromatic rings. The van der Waals surface area contributed by atoms with Crippen LogP contribution in [0, 0.1) is 12.8 Å². The molecule has 0 saturated carbocycles. The number of nitrogens with zero attached hydrogens (tertiary/aromatic N) is 2. The minimum atomic E-state index is -3.48. The topological polar surface area (TPSA) is 69.7 Å². The van der Waals surface area contributed by atoms with Gasteiger partial charge in [0.2, 0.25) is 15.9 Å². The first kappa shape index (κ1) is 19.9. The van der Waals surface area contributed by atoms with E-state index in [1.54, 1.807) is 29.2 Å². The van der Waals surface area contributed by atoms with Gasteiger partial charge in [-0.3, -0.25) is 4.79 Å². The Morgan fingerprint density at radius 3 is 2.28 bits per heavy atom. The molecule has 1 saturated heterocycles. The van der Waals surface area contributed by atoms with Crippen molar-refractivity contribution in [2.45, 2.75) is 32.1 Å². The van der Waals surface area contributed by atoms with Crippen LogP contribution in [-0.2, 0) is 14.8 Å². The maximum atomic E-state index is 12.7. The summed E-state index contributed by atoms with van der Waals surface area (Å²) in [4.78, 5) is 14.3. The van der Waals surface area contributed by atoms with E-state index in [9.17, 15) is 13.2 Å². The molecule has 0 aliphatic carbocycles. The number of piperazine rings is 1. The van der Waals surface area contributed by atoms with Gasteiger partial charge in [-0.1, -0.05) is 31.5 Å². The van der Waals surface area contributed by atoms with E-state index in [0.29, 0.717) is 43.5 Å².